The van der Waals surface area contributed by atoms with E-state index in [1.165, 1.54) is 7.11 Å². The summed E-state index contributed by atoms with van der Waals surface area (Å²) in [5.74, 6) is -0.803. The number of likely N-dealkylation sites (tertiary alicyclic amines) is 1. The molecule has 6 nitrogen and oxygen atoms in total. The van der Waals surface area contributed by atoms with Crippen LogP contribution in [-0.2, 0) is 19.1 Å². The molecule has 1 rings (SSSR count). The summed E-state index contributed by atoms with van der Waals surface area (Å²) >= 11 is 0. The van der Waals surface area contributed by atoms with Gasteiger partial charge in [0.25, 0.3) is 0 Å². The topological polar surface area (TPSA) is 76.1 Å². The van der Waals surface area contributed by atoms with E-state index in [1.807, 2.05) is 0 Å². The number of ether oxygens (including phenoxy) is 2. The van der Waals surface area contributed by atoms with Crippen molar-refractivity contribution in [2.24, 2.45) is 0 Å². The third-order valence-corrected chi connectivity index (χ3v) is 4.27. The van der Waals surface area contributed by atoms with Crippen molar-refractivity contribution in [3.63, 3.8) is 0 Å². The smallest absolute Gasteiger partial charge is 0.306 e. The average molecular weight is 347 g/mol. The first kappa shape index (κ1) is 25.1. The summed E-state index contributed by atoms with van der Waals surface area (Å²) in [5, 5.41) is 10.0. The first-order valence-corrected chi connectivity index (χ1v) is 7.77. The van der Waals surface area contributed by atoms with E-state index in [-0.39, 0.29) is 51.5 Å². The number of hydrogen-bond acceptors (Lipinski definition) is 6. The molecule has 0 amide bonds. The van der Waals surface area contributed by atoms with E-state index in [2.05, 4.69) is 37.3 Å². The summed E-state index contributed by atoms with van der Waals surface area (Å²) in [7, 11) is 1.29. The average Bonchev–Trinajstić information content (AvgIpc) is 2.37. The molecule has 1 aliphatic rings. The maximum Gasteiger partial charge on any atom is 0.306 e. The Bertz CT molecular complexity index is 388. The molecule has 0 unspecified atom stereocenters. The van der Waals surface area contributed by atoms with Crippen LogP contribution >= 0.6 is 0 Å². The van der Waals surface area contributed by atoms with Crippen molar-refractivity contribution in [1.82, 2.24) is 4.90 Å². The molecule has 0 saturated carbocycles. The van der Waals surface area contributed by atoms with Crippen molar-refractivity contribution in [3.05, 3.63) is 0 Å². The molecule has 1 N–H and O–H groups in total. The highest BCUT2D eigenvalue weighted by atomic mass is 16.5. The number of methoxy groups -OCH3 is 1. The molecule has 0 aromatic rings. The van der Waals surface area contributed by atoms with E-state index in [9.17, 15) is 14.7 Å². The molecule has 1 fully saturated rings. The van der Waals surface area contributed by atoms with Gasteiger partial charge >= 0.3 is 11.9 Å². The van der Waals surface area contributed by atoms with Gasteiger partial charge in [0, 0.05) is 17.6 Å². The second-order valence-electron chi connectivity index (χ2n) is 7.14. The summed E-state index contributed by atoms with van der Waals surface area (Å²) in [6.07, 6.45) is 1.18. The predicted octanol–water partition coefficient (Wildman–Crippen LogP) is 2.77. The van der Waals surface area contributed by atoms with Gasteiger partial charge in [-0.2, -0.15) is 0 Å². The van der Waals surface area contributed by atoms with Crippen LogP contribution in [0.25, 0.3) is 0 Å². The third kappa shape index (κ3) is 7.18. The van der Waals surface area contributed by atoms with Crippen molar-refractivity contribution in [1.29, 1.82) is 0 Å². The molecular weight excluding hydrogens is 310 g/mol. The quantitative estimate of drug-likeness (QED) is 0.745. The van der Waals surface area contributed by atoms with Gasteiger partial charge in [-0.05, 0) is 40.5 Å². The van der Waals surface area contributed by atoms with Crippen LogP contribution < -0.4 is 0 Å². The predicted molar refractivity (Wildman–Crippen MR) is 95.8 cm³/mol. The number of piperidine rings is 1. The third-order valence-electron chi connectivity index (χ3n) is 4.27. The van der Waals surface area contributed by atoms with Crippen LogP contribution in [0.5, 0.6) is 0 Å². The molecule has 0 radical (unpaired) electrons. The Morgan fingerprint density at radius 2 is 1.50 bits per heavy atom. The van der Waals surface area contributed by atoms with Crippen LogP contribution in [0.1, 0.15) is 68.2 Å². The molecule has 24 heavy (non-hydrogen) atoms. The number of aliphatic hydroxyl groups excluding tert-OH is 1. The van der Waals surface area contributed by atoms with Crippen LogP contribution in [0.4, 0.5) is 0 Å². The molecule has 0 aliphatic carbocycles. The zero-order chi connectivity index (χ0) is 17.0. The number of nitrogens with zero attached hydrogens (tertiary/aromatic N) is 1. The fourth-order valence-electron chi connectivity index (χ4n) is 3.50. The van der Waals surface area contributed by atoms with Gasteiger partial charge in [0.2, 0.25) is 0 Å². The first-order valence-electron chi connectivity index (χ1n) is 7.77. The Labute approximate surface area is 147 Å². The van der Waals surface area contributed by atoms with Crippen molar-refractivity contribution in [2.75, 3.05) is 20.3 Å². The van der Waals surface area contributed by atoms with Crippen LogP contribution in [0.2, 0.25) is 0 Å². The van der Waals surface area contributed by atoms with Crippen molar-refractivity contribution in [3.8, 4) is 0 Å². The van der Waals surface area contributed by atoms with Crippen LogP contribution in [0.3, 0.4) is 0 Å². The van der Waals surface area contributed by atoms with Crippen LogP contribution in [-0.4, -0.2) is 59.4 Å². The molecule has 144 valence electrons. The maximum absolute atomic E-state index is 11.6. The molecule has 0 aromatic heterocycles. The molecule has 1 saturated heterocycles. The minimum atomic E-state index is -0.413. The molecule has 0 aromatic carbocycles. The van der Waals surface area contributed by atoms with Crippen molar-refractivity contribution >= 4 is 11.9 Å². The maximum atomic E-state index is 11.6. The van der Waals surface area contributed by atoms with Gasteiger partial charge in [0.1, 0.15) is 6.61 Å². The number of hydrogen-bond donors (Lipinski definition) is 1. The highest BCUT2D eigenvalue weighted by Crippen LogP contribution is 2.37. The van der Waals surface area contributed by atoms with E-state index < -0.39 is 11.9 Å². The SMILES string of the molecule is C.C.COC(=O)CCC(=O)OCCN1C(C)(C)CC(O)CC1(C)C. The standard InChI is InChI=1S/C16H29NO5.2CH4/c1-15(2)10-12(18)11-16(3,4)17(15)8-9-22-14(20)7-6-13(19)21-5;;/h12,18H,6-11H2,1-5H3;2*1H4. The fraction of sp³-hybridized carbons (Fsp3) is 0.889. The summed E-state index contributed by atoms with van der Waals surface area (Å²) in [5.41, 5.74) is -0.306. The van der Waals surface area contributed by atoms with Gasteiger partial charge in [-0.25, -0.2) is 0 Å². The lowest BCUT2D eigenvalue weighted by Crippen LogP contribution is -2.62. The van der Waals surface area contributed by atoms with E-state index >= 15 is 0 Å². The highest BCUT2D eigenvalue weighted by molar-refractivity contribution is 5.77. The first-order chi connectivity index (χ1) is 10.1. The van der Waals surface area contributed by atoms with Gasteiger partial charge in [-0.3, -0.25) is 14.5 Å². The largest absolute Gasteiger partial charge is 0.469 e. The van der Waals surface area contributed by atoms with Gasteiger partial charge in [0.15, 0.2) is 0 Å². The Morgan fingerprint density at radius 3 is 1.96 bits per heavy atom. The zero-order valence-electron chi connectivity index (χ0n) is 14.3. The summed E-state index contributed by atoms with van der Waals surface area (Å²) in [6, 6.07) is 0. The molecule has 1 aliphatic heterocycles. The summed E-state index contributed by atoms with van der Waals surface area (Å²) < 4.78 is 9.69. The molecule has 6 heteroatoms. The molecule has 1 heterocycles. The van der Waals surface area contributed by atoms with Crippen LogP contribution in [0, 0.1) is 0 Å². The second-order valence-corrected chi connectivity index (χ2v) is 7.14. The normalized spacial score (nSPS) is 19.6. The fourth-order valence-corrected chi connectivity index (χ4v) is 3.50. The number of esters is 2. The second kappa shape index (κ2) is 9.99. The minimum Gasteiger partial charge on any atom is -0.469 e. The minimum absolute atomic E-state index is 0. The van der Waals surface area contributed by atoms with E-state index in [4.69, 9.17) is 4.74 Å². The van der Waals surface area contributed by atoms with Gasteiger partial charge in [0.05, 0.1) is 26.1 Å². The molecular formula is C18H37NO5. The monoisotopic (exact) mass is 347 g/mol. The van der Waals surface area contributed by atoms with E-state index in [1.54, 1.807) is 0 Å². The highest BCUT2D eigenvalue weighted by Gasteiger charge is 2.44. The number of aliphatic hydroxyl groups is 1. The molecule has 0 spiro atoms. The zero-order valence-corrected chi connectivity index (χ0v) is 14.3. The number of carbonyl (C=O) groups excluding carboxylic acids is 2. The Morgan fingerprint density at radius 1 is 1.04 bits per heavy atom. The lowest BCUT2D eigenvalue weighted by Gasteiger charge is -2.54. The number of carbonyl (C=O) groups is 2. The van der Waals surface area contributed by atoms with Gasteiger partial charge in [-0.15, -0.1) is 0 Å². The van der Waals surface area contributed by atoms with Gasteiger partial charge in [-0.1, -0.05) is 14.9 Å². The van der Waals surface area contributed by atoms with Crippen molar-refractivity contribution in [2.45, 2.75) is 85.4 Å². The lowest BCUT2D eigenvalue weighted by atomic mass is 9.78. The number of rotatable bonds is 6. The Balaban J connectivity index is 0. The van der Waals surface area contributed by atoms with E-state index in [0.29, 0.717) is 19.4 Å². The lowest BCUT2D eigenvalue weighted by molar-refractivity contribution is -0.151. The van der Waals surface area contributed by atoms with Gasteiger partial charge < -0.3 is 14.6 Å². The Kier molecular flexibility index (Phi) is 10.4. The molecule has 0 bridgehead atoms. The van der Waals surface area contributed by atoms with Crippen molar-refractivity contribution < 1.29 is 24.2 Å². The van der Waals surface area contributed by atoms with E-state index in [0.717, 1.165) is 0 Å². The summed E-state index contributed by atoms with van der Waals surface area (Å²) in [4.78, 5) is 24.8. The van der Waals surface area contributed by atoms with Crippen LogP contribution in [0.15, 0.2) is 0 Å². The Hall–Kier alpha value is -1.14. The summed E-state index contributed by atoms with van der Waals surface area (Å²) in [6.45, 7) is 9.26. The molecule has 0 atom stereocenters.